The van der Waals surface area contributed by atoms with Crippen LogP contribution in [0.5, 0.6) is 5.75 Å². The largest absolute Gasteiger partial charge is 0.487 e. The molecular weight excluding hydrogens is 312 g/mol. The Labute approximate surface area is 131 Å². The lowest BCUT2D eigenvalue weighted by Crippen LogP contribution is -2.48. The fraction of sp³-hybridized carbons (Fsp3) is 0.571. The number of anilines is 1. The molecule has 0 aromatic heterocycles. The monoisotopic (exact) mass is 332 g/mol. The van der Waals surface area contributed by atoms with E-state index < -0.39 is 10.0 Å². The normalized spacial score (nSPS) is 20.0. The van der Waals surface area contributed by atoms with E-state index in [0.717, 1.165) is 56.3 Å². The molecule has 2 heterocycles. The lowest BCUT2D eigenvalue weighted by atomic mass is 9.83. The summed E-state index contributed by atoms with van der Waals surface area (Å²) in [7, 11) is -3.23. The molecule has 2 aliphatic rings. The van der Waals surface area contributed by atoms with Crippen molar-refractivity contribution in [2.75, 3.05) is 24.1 Å². The molecule has 1 spiro atoms. The first-order chi connectivity index (χ1) is 9.46. The van der Waals surface area contributed by atoms with Gasteiger partial charge in [0.05, 0.1) is 6.26 Å². The number of rotatable bonds is 2. The van der Waals surface area contributed by atoms with Crippen molar-refractivity contribution in [3.05, 3.63) is 23.8 Å². The molecule has 7 heteroatoms. The van der Waals surface area contributed by atoms with E-state index in [2.05, 4.69) is 10.0 Å². The number of ether oxygens (including phenoxy) is 1. The fourth-order valence-corrected chi connectivity index (χ4v) is 3.59. The molecule has 0 amide bonds. The van der Waals surface area contributed by atoms with Crippen LogP contribution in [0.3, 0.4) is 0 Å². The van der Waals surface area contributed by atoms with Gasteiger partial charge in [0.2, 0.25) is 10.0 Å². The highest BCUT2D eigenvalue weighted by atomic mass is 35.5. The summed E-state index contributed by atoms with van der Waals surface area (Å²) >= 11 is 0. The quantitative estimate of drug-likeness (QED) is 0.868. The van der Waals surface area contributed by atoms with Crippen molar-refractivity contribution < 1.29 is 13.2 Å². The zero-order valence-corrected chi connectivity index (χ0v) is 13.6. The van der Waals surface area contributed by atoms with E-state index in [9.17, 15) is 8.42 Å². The van der Waals surface area contributed by atoms with Crippen LogP contribution >= 0.6 is 12.4 Å². The van der Waals surface area contributed by atoms with Gasteiger partial charge in [0, 0.05) is 5.69 Å². The van der Waals surface area contributed by atoms with Crippen molar-refractivity contribution in [2.24, 2.45) is 0 Å². The van der Waals surface area contributed by atoms with Gasteiger partial charge in [-0.1, -0.05) is 0 Å². The van der Waals surface area contributed by atoms with Gasteiger partial charge in [-0.05, 0) is 62.5 Å². The number of hydrogen-bond donors (Lipinski definition) is 2. The van der Waals surface area contributed by atoms with Gasteiger partial charge in [-0.15, -0.1) is 12.4 Å². The van der Waals surface area contributed by atoms with Crippen LogP contribution in [0.4, 0.5) is 5.69 Å². The average Bonchev–Trinajstić information content (AvgIpc) is 2.38. The van der Waals surface area contributed by atoms with E-state index in [0.29, 0.717) is 5.69 Å². The van der Waals surface area contributed by atoms with Crippen LogP contribution in [0.2, 0.25) is 0 Å². The molecule has 1 saturated heterocycles. The summed E-state index contributed by atoms with van der Waals surface area (Å²) in [6, 6.07) is 5.52. The SMILES string of the molecule is CS(=O)(=O)Nc1ccc2c(c1)CCC1(CCNCC1)O2.Cl. The number of sulfonamides is 1. The second-order valence-corrected chi connectivity index (χ2v) is 7.48. The molecule has 0 saturated carbocycles. The van der Waals surface area contributed by atoms with Crippen molar-refractivity contribution in [3.8, 4) is 5.75 Å². The molecule has 3 rings (SSSR count). The second kappa shape index (κ2) is 6.02. The van der Waals surface area contributed by atoms with E-state index in [-0.39, 0.29) is 18.0 Å². The van der Waals surface area contributed by atoms with Gasteiger partial charge in [-0.3, -0.25) is 4.72 Å². The first kappa shape index (κ1) is 16.4. The second-order valence-electron chi connectivity index (χ2n) is 5.73. The molecule has 0 atom stereocenters. The summed E-state index contributed by atoms with van der Waals surface area (Å²) < 4.78 is 31.3. The van der Waals surface area contributed by atoms with Gasteiger partial charge >= 0.3 is 0 Å². The van der Waals surface area contributed by atoms with Gasteiger partial charge in [-0.25, -0.2) is 8.42 Å². The zero-order valence-electron chi connectivity index (χ0n) is 12.0. The molecule has 2 aliphatic heterocycles. The minimum absolute atomic E-state index is 0. The van der Waals surface area contributed by atoms with Crippen molar-refractivity contribution >= 4 is 28.1 Å². The molecular formula is C14H21ClN2O3S. The highest BCUT2D eigenvalue weighted by molar-refractivity contribution is 7.92. The highest BCUT2D eigenvalue weighted by Crippen LogP contribution is 2.39. The minimum atomic E-state index is -3.23. The molecule has 0 aliphatic carbocycles. The Morgan fingerprint density at radius 3 is 2.62 bits per heavy atom. The van der Waals surface area contributed by atoms with E-state index in [4.69, 9.17) is 4.74 Å². The molecule has 1 fully saturated rings. The molecule has 1 aromatic rings. The Morgan fingerprint density at radius 1 is 1.24 bits per heavy atom. The van der Waals surface area contributed by atoms with Gasteiger partial charge in [0.1, 0.15) is 11.4 Å². The van der Waals surface area contributed by atoms with Crippen molar-refractivity contribution in [1.82, 2.24) is 5.32 Å². The maximum atomic E-state index is 11.3. The fourth-order valence-electron chi connectivity index (χ4n) is 3.03. The van der Waals surface area contributed by atoms with E-state index in [1.807, 2.05) is 12.1 Å². The van der Waals surface area contributed by atoms with Crippen molar-refractivity contribution in [1.29, 1.82) is 0 Å². The number of nitrogens with one attached hydrogen (secondary N) is 2. The molecule has 0 radical (unpaired) electrons. The van der Waals surface area contributed by atoms with Crippen LogP contribution in [-0.2, 0) is 16.4 Å². The summed E-state index contributed by atoms with van der Waals surface area (Å²) in [4.78, 5) is 0. The molecule has 5 nitrogen and oxygen atoms in total. The van der Waals surface area contributed by atoms with Crippen LogP contribution in [0.15, 0.2) is 18.2 Å². The Kier molecular flexibility index (Phi) is 4.70. The van der Waals surface area contributed by atoms with Crippen molar-refractivity contribution in [2.45, 2.75) is 31.3 Å². The van der Waals surface area contributed by atoms with E-state index >= 15 is 0 Å². The summed E-state index contributed by atoms with van der Waals surface area (Å²) in [6.45, 7) is 2.01. The van der Waals surface area contributed by atoms with Crippen LogP contribution in [-0.4, -0.2) is 33.4 Å². The maximum absolute atomic E-state index is 11.3. The minimum Gasteiger partial charge on any atom is -0.487 e. The first-order valence-corrected chi connectivity index (χ1v) is 8.85. The Hall–Kier alpha value is -0.980. The predicted molar refractivity (Wildman–Crippen MR) is 85.9 cm³/mol. The highest BCUT2D eigenvalue weighted by Gasteiger charge is 2.37. The molecule has 118 valence electrons. The third-order valence-corrected chi connectivity index (χ3v) is 4.66. The first-order valence-electron chi connectivity index (χ1n) is 6.96. The Bertz CT molecular complexity index is 613. The van der Waals surface area contributed by atoms with E-state index in [1.54, 1.807) is 6.07 Å². The molecule has 21 heavy (non-hydrogen) atoms. The predicted octanol–water partition coefficient (Wildman–Crippen LogP) is 1.93. The lowest BCUT2D eigenvalue weighted by molar-refractivity contribution is 0.0170. The molecule has 2 N–H and O–H groups in total. The molecule has 0 unspecified atom stereocenters. The maximum Gasteiger partial charge on any atom is 0.229 e. The Balaban J connectivity index is 0.00000161. The average molecular weight is 333 g/mol. The topological polar surface area (TPSA) is 67.4 Å². The van der Waals surface area contributed by atoms with Crippen LogP contribution in [0.1, 0.15) is 24.8 Å². The molecule has 1 aromatic carbocycles. The number of aryl methyl sites for hydroxylation is 1. The van der Waals surface area contributed by atoms with Gasteiger partial charge < -0.3 is 10.1 Å². The number of benzene rings is 1. The summed E-state index contributed by atoms with van der Waals surface area (Å²) in [5.41, 5.74) is 1.67. The van der Waals surface area contributed by atoms with Crippen LogP contribution in [0.25, 0.3) is 0 Å². The third kappa shape index (κ3) is 3.81. The molecule has 0 bridgehead atoms. The van der Waals surface area contributed by atoms with E-state index in [1.165, 1.54) is 0 Å². The zero-order chi connectivity index (χ0) is 14.2. The number of halogens is 1. The summed E-state index contributed by atoms with van der Waals surface area (Å²) in [6.07, 6.45) is 5.18. The number of piperidine rings is 1. The van der Waals surface area contributed by atoms with Gasteiger partial charge in [0.25, 0.3) is 0 Å². The van der Waals surface area contributed by atoms with Gasteiger partial charge in [0.15, 0.2) is 0 Å². The number of hydrogen-bond acceptors (Lipinski definition) is 4. The van der Waals surface area contributed by atoms with Gasteiger partial charge in [-0.2, -0.15) is 0 Å². The summed E-state index contributed by atoms with van der Waals surface area (Å²) in [5, 5.41) is 3.36. The third-order valence-electron chi connectivity index (χ3n) is 4.05. The smallest absolute Gasteiger partial charge is 0.229 e. The number of fused-ring (bicyclic) bond motifs is 1. The standard InChI is InChI=1S/C14H20N2O3S.ClH/c1-20(17,18)16-12-2-3-13-11(10-12)4-5-14(19-13)6-8-15-9-7-14;/h2-3,10,15-16H,4-9H2,1H3;1H. The Morgan fingerprint density at radius 2 is 1.95 bits per heavy atom. The summed E-state index contributed by atoms with van der Waals surface area (Å²) in [5.74, 6) is 0.900. The van der Waals surface area contributed by atoms with Crippen LogP contribution in [0, 0.1) is 0 Å². The van der Waals surface area contributed by atoms with Crippen LogP contribution < -0.4 is 14.8 Å². The van der Waals surface area contributed by atoms with Crippen molar-refractivity contribution in [3.63, 3.8) is 0 Å². The lowest BCUT2D eigenvalue weighted by Gasteiger charge is -2.41.